The van der Waals surface area contributed by atoms with Gasteiger partial charge in [0.2, 0.25) is 0 Å². The van der Waals surface area contributed by atoms with Crippen LogP contribution in [0.15, 0.2) is 0 Å². The van der Waals surface area contributed by atoms with Gasteiger partial charge in [0, 0.05) is 0 Å². The van der Waals surface area contributed by atoms with Crippen molar-refractivity contribution in [2.24, 2.45) is 0 Å². The molecule has 0 aliphatic rings. The van der Waals surface area contributed by atoms with Crippen molar-refractivity contribution in [2.45, 2.75) is 6.92 Å². The Morgan fingerprint density at radius 1 is 1.60 bits per heavy atom. The maximum atomic E-state index is 10.1. The SMILES string of the molecule is CC(=O)CSS(=O)(=O)[O-].[Na+]. The summed E-state index contributed by atoms with van der Waals surface area (Å²) in [6.07, 6.45) is 0. The van der Waals surface area contributed by atoms with E-state index >= 15 is 0 Å². The van der Waals surface area contributed by atoms with Crippen LogP contribution in [-0.2, 0) is 13.9 Å². The van der Waals surface area contributed by atoms with E-state index in [1.807, 2.05) is 0 Å². The van der Waals surface area contributed by atoms with Gasteiger partial charge in [0.1, 0.15) is 14.9 Å². The first-order valence-corrected chi connectivity index (χ1v) is 4.92. The number of Topliss-reactive ketones (excluding diaryl/α,β-unsaturated/α-hetero) is 1. The molecule has 0 spiro atoms. The van der Waals surface area contributed by atoms with Crippen molar-refractivity contribution in [1.82, 2.24) is 0 Å². The summed E-state index contributed by atoms with van der Waals surface area (Å²) in [5.74, 6) is -0.578. The molecule has 0 aromatic heterocycles. The van der Waals surface area contributed by atoms with Crippen molar-refractivity contribution in [3.8, 4) is 0 Å². The number of hydrogen-bond acceptors (Lipinski definition) is 5. The normalized spacial score (nSPS) is 10.2. The monoisotopic (exact) mass is 192 g/mol. The van der Waals surface area contributed by atoms with Gasteiger partial charge in [-0.05, 0) is 17.7 Å². The molecule has 0 amide bonds. The Morgan fingerprint density at radius 2 is 2.00 bits per heavy atom. The van der Waals surface area contributed by atoms with Gasteiger partial charge < -0.3 is 4.55 Å². The fourth-order valence-corrected chi connectivity index (χ4v) is 1.40. The van der Waals surface area contributed by atoms with Crippen molar-refractivity contribution in [1.29, 1.82) is 0 Å². The third kappa shape index (κ3) is 11.7. The van der Waals surface area contributed by atoms with Gasteiger partial charge >= 0.3 is 29.6 Å². The maximum Gasteiger partial charge on any atom is 1.00 e. The zero-order valence-corrected chi connectivity index (χ0v) is 9.29. The van der Waals surface area contributed by atoms with Crippen LogP contribution in [0.25, 0.3) is 0 Å². The van der Waals surface area contributed by atoms with Gasteiger partial charge in [0.25, 0.3) is 0 Å². The second-order valence-electron chi connectivity index (χ2n) is 1.37. The molecule has 0 aromatic rings. The number of carbonyl (C=O) groups excluding carboxylic acids is 1. The van der Waals surface area contributed by atoms with Gasteiger partial charge in [-0.2, -0.15) is 0 Å². The third-order valence-corrected chi connectivity index (χ3v) is 2.44. The van der Waals surface area contributed by atoms with Crippen LogP contribution in [0.1, 0.15) is 6.92 Å². The van der Waals surface area contributed by atoms with Crippen LogP contribution in [0.4, 0.5) is 0 Å². The molecule has 0 aromatic carbocycles. The Morgan fingerprint density at radius 3 is 2.10 bits per heavy atom. The summed E-state index contributed by atoms with van der Waals surface area (Å²) in [5.41, 5.74) is 0. The molecule has 0 aliphatic carbocycles. The Kier molecular flexibility index (Phi) is 7.52. The molecule has 0 atom stereocenters. The Labute approximate surface area is 85.2 Å². The summed E-state index contributed by atoms with van der Waals surface area (Å²) in [4.78, 5) is 10.1. The second-order valence-corrected chi connectivity index (χ2v) is 4.65. The molecule has 0 saturated carbocycles. The average molecular weight is 192 g/mol. The van der Waals surface area contributed by atoms with E-state index in [0.29, 0.717) is 0 Å². The van der Waals surface area contributed by atoms with E-state index in [1.54, 1.807) is 0 Å². The fraction of sp³-hybridized carbons (Fsp3) is 0.667. The number of carbonyl (C=O) groups is 1. The van der Waals surface area contributed by atoms with Crippen LogP contribution in [0.2, 0.25) is 0 Å². The van der Waals surface area contributed by atoms with Crippen LogP contribution in [0, 0.1) is 0 Å². The minimum atomic E-state index is -4.27. The predicted molar refractivity (Wildman–Crippen MR) is 32.8 cm³/mol. The van der Waals surface area contributed by atoms with Gasteiger partial charge in [-0.1, -0.05) is 0 Å². The summed E-state index contributed by atoms with van der Waals surface area (Å²) in [6, 6.07) is 0. The van der Waals surface area contributed by atoms with E-state index in [9.17, 15) is 17.8 Å². The number of rotatable bonds is 3. The second kappa shape index (κ2) is 5.56. The molecular weight excluding hydrogens is 187 g/mol. The van der Waals surface area contributed by atoms with E-state index in [4.69, 9.17) is 0 Å². The molecule has 0 fully saturated rings. The largest absolute Gasteiger partial charge is 1.00 e. The molecule has 0 saturated heterocycles. The van der Waals surface area contributed by atoms with Crippen LogP contribution in [0.5, 0.6) is 0 Å². The van der Waals surface area contributed by atoms with Crippen molar-refractivity contribution in [2.75, 3.05) is 5.75 Å². The van der Waals surface area contributed by atoms with Gasteiger partial charge in [-0.3, -0.25) is 4.79 Å². The van der Waals surface area contributed by atoms with Crippen molar-refractivity contribution < 1.29 is 47.3 Å². The molecule has 0 N–H and O–H groups in total. The standard InChI is InChI=1S/C3H6O4S2.Na/c1-3(4)2-8-9(5,6)7;/h2H2,1H3,(H,5,6,7);/q;+1/p-1. The molecular formula is C3H5NaO4S2. The van der Waals surface area contributed by atoms with Crippen LogP contribution >= 0.6 is 10.8 Å². The first-order chi connectivity index (χ1) is 3.92. The Bertz CT molecular complexity index is 197. The summed E-state index contributed by atoms with van der Waals surface area (Å²) < 4.78 is 29.4. The van der Waals surface area contributed by atoms with Gasteiger partial charge in [-0.25, -0.2) is 8.42 Å². The first kappa shape index (κ1) is 13.5. The molecule has 0 radical (unpaired) electrons. The maximum absolute atomic E-state index is 10.1. The molecule has 0 unspecified atom stereocenters. The van der Waals surface area contributed by atoms with E-state index in [-0.39, 0.29) is 51.9 Å². The molecule has 10 heavy (non-hydrogen) atoms. The molecule has 54 valence electrons. The van der Waals surface area contributed by atoms with Crippen molar-refractivity contribution in [3.63, 3.8) is 0 Å². The summed E-state index contributed by atoms with van der Waals surface area (Å²) in [7, 11) is -4.16. The molecule has 4 nitrogen and oxygen atoms in total. The van der Waals surface area contributed by atoms with Crippen LogP contribution in [-0.4, -0.2) is 24.5 Å². The molecule has 0 bridgehead atoms. The Hall–Kier alpha value is 0.930. The zero-order chi connectivity index (χ0) is 7.49. The van der Waals surface area contributed by atoms with Gasteiger partial charge in [-0.15, -0.1) is 0 Å². The summed E-state index contributed by atoms with van der Waals surface area (Å²) in [5, 5.41) is 0. The van der Waals surface area contributed by atoms with E-state index in [2.05, 4.69) is 0 Å². The number of hydrogen-bond donors (Lipinski definition) is 0. The fourth-order valence-electron chi connectivity index (χ4n) is 0.155. The first-order valence-electron chi connectivity index (χ1n) is 2.01. The molecule has 7 heteroatoms. The van der Waals surface area contributed by atoms with Crippen molar-refractivity contribution >= 4 is 25.7 Å². The predicted octanol–water partition coefficient (Wildman–Crippen LogP) is -3.23. The molecule has 0 heterocycles. The van der Waals surface area contributed by atoms with E-state index in [1.165, 1.54) is 6.92 Å². The molecule has 0 rings (SSSR count). The minimum Gasteiger partial charge on any atom is -0.739 e. The summed E-state index contributed by atoms with van der Waals surface area (Å²) in [6.45, 7) is 1.22. The van der Waals surface area contributed by atoms with Crippen LogP contribution in [0.3, 0.4) is 0 Å². The summed E-state index contributed by atoms with van der Waals surface area (Å²) >= 11 is 0. The van der Waals surface area contributed by atoms with Crippen molar-refractivity contribution in [3.05, 3.63) is 0 Å². The van der Waals surface area contributed by atoms with Gasteiger partial charge in [0.05, 0.1) is 5.75 Å². The van der Waals surface area contributed by atoms with E-state index in [0.717, 1.165) is 0 Å². The molecule has 0 aliphatic heterocycles. The quantitative estimate of drug-likeness (QED) is 0.267. The minimum absolute atomic E-state index is 0. The smallest absolute Gasteiger partial charge is 0.739 e. The van der Waals surface area contributed by atoms with E-state index < -0.39 is 9.15 Å². The average Bonchev–Trinajstić information content (AvgIpc) is 1.59. The zero-order valence-electron chi connectivity index (χ0n) is 5.66. The van der Waals surface area contributed by atoms with Crippen LogP contribution < -0.4 is 29.6 Å². The third-order valence-electron chi connectivity index (χ3n) is 0.407. The number of ketones is 1. The Balaban J connectivity index is 0. The topological polar surface area (TPSA) is 74.3 Å². The van der Waals surface area contributed by atoms with Gasteiger partial charge in [0.15, 0.2) is 0 Å².